The number of amides is 6. The first-order chi connectivity index (χ1) is 67.1. The van der Waals surface area contributed by atoms with Gasteiger partial charge in [-0.15, -0.1) is 0 Å². The summed E-state index contributed by atoms with van der Waals surface area (Å²) in [5, 5.41) is 29.0. The van der Waals surface area contributed by atoms with Crippen LogP contribution in [0.3, 0.4) is 0 Å². The molecule has 0 aromatic rings. The molecule has 16 atom stereocenters. The number of hydrogen-bond acceptors (Lipinski definition) is 42. The molecule has 0 aliphatic carbocycles. The maximum Gasteiger partial charge on any atom is 0.303 e. The lowest BCUT2D eigenvalue weighted by Crippen LogP contribution is -2.63. The van der Waals surface area contributed by atoms with Crippen molar-refractivity contribution in [2.75, 3.05) is 125 Å². The van der Waals surface area contributed by atoms with Crippen LogP contribution in [-0.4, -0.2) is 347 Å². The Morgan fingerprint density at radius 1 is 0.255 bits per heavy atom. The molecule has 0 radical (unpaired) electrons. The van der Waals surface area contributed by atoms with Crippen molar-refractivity contribution in [1.29, 1.82) is 0 Å². The van der Waals surface area contributed by atoms with Gasteiger partial charge in [0.25, 0.3) is 0 Å². The summed E-state index contributed by atoms with van der Waals surface area (Å²) in [5.41, 5.74) is -1.48. The second-order valence-corrected chi connectivity index (χ2v) is 33.7. The Morgan fingerprint density at radius 2 is 0.504 bits per heavy atom. The zero-order valence-corrected chi connectivity index (χ0v) is 83.0. The number of unbranched alkanes of at least 4 members (excludes halogenated alkanes) is 10. The van der Waals surface area contributed by atoms with Gasteiger partial charge >= 0.3 is 77.6 Å². The molecule has 141 heavy (non-hydrogen) atoms. The third-order valence-electron chi connectivity index (χ3n) is 20.8. The molecule has 6 amide bonds. The maximum absolute atomic E-state index is 14.1. The normalized spacial score (nSPS) is 21.1. The Morgan fingerprint density at radius 3 is 0.794 bits per heavy atom. The summed E-state index contributed by atoms with van der Waals surface area (Å²) < 4.78 is 118. The number of carbonyl (C=O) groups excluding carboxylic acids is 19. The van der Waals surface area contributed by atoms with E-state index in [0.717, 1.165) is 115 Å². The zero-order chi connectivity index (χ0) is 105. The van der Waals surface area contributed by atoms with Gasteiger partial charge in [0.2, 0.25) is 35.4 Å². The number of esters is 12. The van der Waals surface area contributed by atoms with E-state index in [4.69, 9.17) is 105 Å². The lowest BCUT2D eigenvalue weighted by Gasteiger charge is -2.44. The Hall–Kier alpha value is -10.8. The molecule has 3 heterocycles. The first kappa shape index (κ1) is 124. The molecule has 49 nitrogen and oxygen atoms in total. The minimum absolute atomic E-state index is 0.00131. The van der Waals surface area contributed by atoms with Crippen LogP contribution < -0.4 is 37.2 Å². The topological polar surface area (TPSA) is 640 Å². The minimum Gasteiger partial charge on any atom is -0.481 e. The predicted octanol–water partition coefficient (Wildman–Crippen LogP) is 1.77. The second kappa shape index (κ2) is 71.6. The van der Waals surface area contributed by atoms with Crippen LogP contribution in [0.5, 0.6) is 0 Å². The van der Waals surface area contributed by atoms with Crippen LogP contribution in [0.4, 0.5) is 0 Å². The number of rotatable bonds is 74. The van der Waals surface area contributed by atoms with E-state index in [2.05, 4.69) is 37.2 Å². The smallest absolute Gasteiger partial charge is 0.303 e. The first-order valence-electron chi connectivity index (χ1n) is 47.7. The molecule has 49 heteroatoms. The number of carbonyl (C=O) groups is 20. The van der Waals surface area contributed by atoms with Gasteiger partial charge in [-0.25, -0.2) is 0 Å². The zero-order valence-electron chi connectivity index (χ0n) is 83.0. The van der Waals surface area contributed by atoms with Crippen molar-refractivity contribution in [1.82, 2.24) is 37.2 Å². The lowest BCUT2D eigenvalue weighted by atomic mass is 9.98. The van der Waals surface area contributed by atoms with Gasteiger partial charge in [0.05, 0.1) is 46.2 Å². The van der Waals surface area contributed by atoms with Crippen molar-refractivity contribution in [2.24, 2.45) is 0 Å². The quantitative estimate of drug-likeness (QED) is 0.0244. The molecule has 3 aliphatic heterocycles. The summed E-state index contributed by atoms with van der Waals surface area (Å²) in [6.07, 6.45) is -11.7. The van der Waals surface area contributed by atoms with Crippen molar-refractivity contribution < 1.29 is 200 Å². The third kappa shape index (κ3) is 57.2. The van der Waals surface area contributed by atoms with E-state index in [1.54, 1.807) is 0 Å². The van der Waals surface area contributed by atoms with Crippen LogP contribution in [0.15, 0.2) is 0 Å². The molecule has 802 valence electrons. The van der Waals surface area contributed by atoms with E-state index in [1.165, 1.54) is 0 Å². The van der Waals surface area contributed by atoms with Gasteiger partial charge < -0.3 is 142 Å². The number of aliphatic carboxylic acids is 1. The molecule has 0 bridgehead atoms. The molecule has 0 saturated carbocycles. The van der Waals surface area contributed by atoms with E-state index >= 15 is 0 Å². The average molecular weight is 2020 g/mol. The fourth-order valence-corrected chi connectivity index (χ4v) is 14.6. The molecule has 3 aliphatic rings. The van der Waals surface area contributed by atoms with Crippen LogP contribution in [0.2, 0.25) is 0 Å². The minimum atomic E-state index is -1.48. The van der Waals surface area contributed by atoms with E-state index in [9.17, 15) is 95.9 Å². The fourth-order valence-electron chi connectivity index (χ4n) is 14.6. The lowest BCUT2D eigenvalue weighted by molar-refractivity contribution is -0.308. The van der Waals surface area contributed by atoms with Crippen molar-refractivity contribution >= 4 is 119 Å². The van der Waals surface area contributed by atoms with E-state index in [0.29, 0.717) is 70.8 Å². The molecule has 9 unspecified atom stereocenters. The Labute approximate surface area is 819 Å². The summed E-state index contributed by atoms with van der Waals surface area (Å²) >= 11 is 0. The molecule has 3 saturated heterocycles. The first-order valence-corrected chi connectivity index (χ1v) is 47.7. The van der Waals surface area contributed by atoms with Crippen LogP contribution in [0, 0.1) is 0 Å². The SMILES string of the molecule is CC(=O)OCC1O[C@H](OCCCCC(=O)CNCCCNC(=O)CCOCC(COCCC(=O)NCCCNC(=O)CCCCO[C@H]2OC(COC(C)=O)[C@@H](OC(C)=O)C(OC(C)=O)C2OC(C)=O)(COCCC(=O)NCCCNC(=O)CCCCO[C@H]2OC(COC(C)=O)[C@@H](OC(C)=O)C(OC(C)=O)[C@H]2OC(C)=O)NC(=O)CCCCCCCCCCC(=O)O)C(OC(C)=O)C(OC(C)=O)[C@@H]1OC(C)=O. The summed E-state index contributed by atoms with van der Waals surface area (Å²) in [6, 6.07) is 0. The fraction of sp³-hybridized carbons (Fsp3) is 0.783. The predicted molar refractivity (Wildman–Crippen MR) is 483 cm³/mol. The average Bonchev–Trinajstić information content (AvgIpc) is 0.793. The second-order valence-electron chi connectivity index (χ2n) is 33.7. The monoisotopic (exact) mass is 2020 g/mol. The standard InChI is InChI=1S/C92H147N7O42/c1-57(100)127-51-70-80(130-60(4)103)83(133-63(7)106)86(136-66(10)109)89(139-70)124-44-24-21-30-69(112)50-93-38-27-39-96-75(115)35-47-121-54-92(99-78(118)33-19-17-15-13-14-16-18-20-34-79(119)120,55-122-48-36-76(116)97-42-28-40-94-73(113)31-22-25-45-125-90-87(137-67(11)110)84(134-64(8)107)81(131-61(5)104)71(140-90)52-128-58(2)101)56-123-49-37-77(117)98-43-29-41-95-74(114)32-23-26-46-126-91-88(138-68(12)111)85(135-65(9)108)82(132-62(6)105)72(141-91)53-129-59(3)102/h70-72,80-91,93H,13-56H2,1-12H3,(H,94,113)(H,95,114)(H,96,115)(H,97,116)(H,98,117)(H,99,118)(H,119,120)/t70?,71?,72?,80-,81-,82-,83?,84?,85?,86?,87-,88?,89+,90+,91+,92?/m1/s1. The number of Topliss-reactive ketones (excluding diaryl/α,β-unsaturated/α-hetero) is 1. The number of ketones is 1. The number of carboxylic acid groups (broad SMARTS) is 1. The number of nitrogens with one attached hydrogen (secondary N) is 7. The molecule has 0 spiro atoms. The Kier molecular flexibility index (Phi) is 63.2. The van der Waals surface area contributed by atoms with Crippen molar-refractivity contribution in [3.63, 3.8) is 0 Å². The van der Waals surface area contributed by atoms with Gasteiger partial charge in [0.1, 0.15) is 49.5 Å². The highest BCUT2D eigenvalue weighted by Crippen LogP contribution is 2.34. The van der Waals surface area contributed by atoms with Crippen molar-refractivity contribution in [2.45, 2.75) is 341 Å². The van der Waals surface area contributed by atoms with Gasteiger partial charge in [-0.05, 0) is 77.2 Å². The van der Waals surface area contributed by atoms with Crippen molar-refractivity contribution in [3.8, 4) is 0 Å². The number of carboxylic acids is 1. The Balaban J connectivity index is 1.66. The molecule has 0 aromatic carbocycles. The molecular formula is C92H147N7O42. The summed E-state index contributed by atoms with van der Waals surface area (Å²) in [6.45, 7) is 11.6. The van der Waals surface area contributed by atoms with Gasteiger partial charge in [-0.2, -0.15) is 0 Å². The van der Waals surface area contributed by atoms with E-state index < -0.39 is 219 Å². The molecule has 3 fully saturated rings. The highest BCUT2D eigenvalue weighted by atomic mass is 16.8. The van der Waals surface area contributed by atoms with Crippen LogP contribution >= 0.6 is 0 Å². The molecular weight excluding hydrogens is 1880 g/mol. The van der Waals surface area contributed by atoms with E-state index in [-0.39, 0.29) is 181 Å². The van der Waals surface area contributed by atoms with Gasteiger partial charge in [0, 0.05) is 187 Å². The molecule has 3 rings (SSSR count). The third-order valence-corrected chi connectivity index (χ3v) is 20.8. The Bertz CT molecular complexity index is 3790. The largest absolute Gasteiger partial charge is 0.481 e. The van der Waals surface area contributed by atoms with Crippen LogP contribution in [0.1, 0.15) is 244 Å². The molecule has 0 aromatic heterocycles. The van der Waals surface area contributed by atoms with Gasteiger partial charge in [-0.1, -0.05) is 38.5 Å². The van der Waals surface area contributed by atoms with Crippen LogP contribution in [0.25, 0.3) is 0 Å². The summed E-state index contributed by atoms with van der Waals surface area (Å²) in [4.78, 5) is 249. The number of hydrogen-bond donors (Lipinski definition) is 8. The molecule has 8 N–H and O–H groups in total. The van der Waals surface area contributed by atoms with Crippen molar-refractivity contribution in [3.05, 3.63) is 0 Å². The highest BCUT2D eigenvalue weighted by molar-refractivity contribution is 5.81. The van der Waals surface area contributed by atoms with Gasteiger partial charge in [0.15, 0.2) is 73.8 Å². The maximum atomic E-state index is 14.1. The summed E-state index contributed by atoms with van der Waals surface area (Å²) in [7, 11) is 0. The van der Waals surface area contributed by atoms with Gasteiger partial charge in [-0.3, -0.25) is 95.9 Å². The summed E-state index contributed by atoms with van der Waals surface area (Å²) in [5.74, 6) is -12.6. The van der Waals surface area contributed by atoms with Crippen LogP contribution in [-0.2, 0) is 195 Å². The number of ether oxygens (including phenoxy) is 21. The highest BCUT2D eigenvalue weighted by Gasteiger charge is 2.56. The van der Waals surface area contributed by atoms with E-state index in [1.807, 2.05) is 0 Å².